The van der Waals surface area contributed by atoms with E-state index in [1.165, 1.54) is 6.42 Å². The molecule has 0 spiro atoms. The predicted octanol–water partition coefficient (Wildman–Crippen LogP) is 1.24. The Morgan fingerprint density at radius 3 is 3.10 bits per heavy atom. The van der Waals surface area contributed by atoms with Gasteiger partial charge < -0.3 is 15.7 Å². The Morgan fingerprint density at radius 1 is 1.45 bits per heavy atom. The molecule has 1 aromatic rings. The molecule has 3 N–H and O–H groups in total. The van der Waals surface area contributed by atoms with E-state index < -0.39 is 5.60 Å². The quantitative estimate of drug-likeness (QED) is 0.799. The lowest BCUT2D eigenvalue weighted by Gasteiger charge is -2.47. The van der Waals surface area contributed by atoms with Gasteiger partial charge in [0.2, 0.25) is 5.95 Å². The minimum Gasteiger partial charge on any atom is -0.389 e. The highest BCUT2D eigenvalue weighted by molar-refractivity contribution is 7.80. The summed E-state index contributed by atoms with van der Waals surface area (Å²) in [5.74, 6) is 0.991. The van der Waals surface area contributed by atoms with Gasteiger partial charge in [-0.25, -0.2) is 9.97 Å². The predicted molar refractivity (Wildman–Crippen MR) is 81.7 cm³/mol. The molecule has 1 saturated carbocycles. The summed E-state index contributed by atoms with van der Waals surface area (Å²) >= 11 is 4.96. The lowest BCUT2D eigenvalue weighted by molar-refractivity contribution is -0.0614. The van der Waals surface area contributed by atoms with Crippen LogP contribution in [0, 0.1) is 5.92 Å². The lowest BCUT2D eigenvalue weighted by atomic mass is 9.71. The van der Waals surface area contributed by atoms with Crippen LogP contribution in [0.3, 0.4) is 0 Å². The third-order valence-electron chi connectivity index (χ3n) is 4.61. The van der Waals surface area contributed by atoms with Gasteiger partial charge in [0, 0.05) is 25.2 Å². The summed E-state index contributed by atoms with van der Waals surface area (Å²) in [5.41, 5.74) is 5.75. The van der Waals surface area contributed by atoms with Crippen molar-refractivity contribution in [3.63, 3.8) is 0 Å². The van der Waals surface area contributed by atoms with Crippen LogP contribution in [-0.4, -0.2) is 38.8 Å². The Morgan fingerprint density at radius 2 is 2.30 bits per heavy atom. The first kappa shape index (κ1) is 13.7. The highest BCUT2D eigenvalue weighted by Crippen LogP contribution is 2.40. The van der Waals surface area contributed by atoms with Crippen molar-refractivity contribution in [2.45, 2.75) is 37.7 Å². The number of nitrogens with two attached hydrogens (primary N) is 1. The van der Waals surface area contributed by atoms with E-state index in [1.807, 2.05) is 0 Å². The van der Waals surface area contributed by atoms with Crippen LogP contribution in [0.5, 0.6) is 0 Å². The molecule has 2 unspecified atom stereocenters. The summed E-state index contributed by atoms with van der Waals surface area (Å²) in [6.07, 6.45) is 6.84. The Balaban J connectivity index is 1.79. The fourth-order valence-corrected chi connectivity index (χ4v) is 3.50. The third-order valence-corrected chi connectivity index (χ3v) is 4.81. The molecule has 0 aromatic carbocycles. The molecular weight excluding hydrogens is 272 g/mol. The van der Waals surface area contributed by atoms with Crippen LogP contribution >= 0.6 is 12.2 Å². The number of fused-ring (bicyclic) bond motifs is 1. The van der Waals surface area contributed by atoms with E-state index in [1.54, 1.807) is 12.3 Å². The highest BCUT2D eigenvalue weighted by Gasteiger charge is 2.43. The zero-order valence-corrected chi connectivity index (χ0v) is 12.3. The van der Waals surface area contributed by atoms with Gasteiger partial charge in [-0.05, 0) is 25.3 Å². The van der Waals surface area contributed by atoms with Crippen LogP contribution in [0.4, 0.5) is 5.95 Å². The fraction of sp³-hybridized carbons (Fsp3) is 0.643. The zero-order chi connectivity index (χ0) is 14.2. The molecule has 0 radical (unpaired) electrons. The maximum absolute atomic E-state index is 10.7. The van der Waals surface area contributed by atoms with Crippen molar-refractivity contribution in [2.75, 3.05) is 18.0 Å². The minimum absolute atomic E-state index is 0.292. The van der Waals surface area contributed by atoms with Crippen LogP contribution in [0.15, 0.2) is 12.3 Å². The summed E-state index contributed by atoms with van der Waals surface area (Å²) in [6, 6.07) is 1.73. The Labute approximate surface area is 124 Å². The van der Waals surface area contributed by atoms with Crippen molar-refractivity contribution < 1.29 is 5.11 Å². The van der Waals surface area contributed by atoms with Gasteiger partial charge in [-0.3, -0.25) is 0 Å². The fourth-order valence-electron chi connectivity index (χ4n) is 3.39. The zero-order valence-electron chi connectivity index (χ0n) is 11.5. The minimum atomic E-state index is -0.477. The lowest BCUT2D eigenvalue weighted by Crippen LogP contribution is -2.53. The standard InChI is InChI=1S/C14H20N4OS/c15-12(20)11-4-7-16-13(17-11)18-8-6-14(19)5-2-1-3-10(14)9-18/h4,7,10,19H,1-3,5-6,8-9H2,(H2,15,20). The van der Waals surface area contributed by atoms with Gasteiger partial charge in [0.15, 0.2) is 0 Å². The maximum Gasteiger partial charge on any atom is 0.225 e. The van der Waals surface area contributed by atoms with Crippen LogP contribution < -0.4 is 10.6 Å². The molecule has 6 heteroatoms. The van der Waals surface area contributed by atoms with Crippen molar-refractivity contribution in [2.24, 2.45) is 11.7 Å². The summed E-state index contributed by atoms with van der Waals surface area (Å²) in [5, 5.41) is 10.7. The summed E-state index contributed by atoms with van der Waals surface area (Å²) < 4.78 is 0. The van der Waals surface area contributed by atoms with E-state index in [4.69, 9.17) is 18.0 Å². The van der Waals surface area contributed by atoms with Gasteiger partial charge in [-0.2, -0.15) is 0 Å². The monoisotopic (exact) mass is 292 g/mol. The molecule has 2 atom stereocenters. The SMILES string of the molecule is NC(=S)c1ccnc(N2CCC3(O)CCCCC3C2)n1. The number of aromatic nitrogens is 2. The molecule has 20 heavy (non-hydrogen) atoms. The van der Waals surface area contributed by atoms with Crippen LogP contribution in [0.25, 0.3) is 0 Å². The number of hydrogen-bond donors (Lipinski definition) is 2. The van der Waals surface area contributed by atoms with Crippen molar-refractivity contribution in [3.8, 4) is 0 Å². The normalized spacial score (nSPS) is 29.9. The molecule has 0 bridgehead atoms. The van der Waals surface area contributed by atoms with Gasteiger partial charge in [0.05, 0.1) is 5.60 Å². The number of aliphatic hydroxyl groups is 1. The molecule has 1 aliphatic heterocycles. The first-order valence-electron chi connectivity index (χ1n) is 7.19. The number of anilines is 1. The van der Waals surface area contributed by atoms with E-state index in [9.17, 15) is 5.11 Å². The Hall–Kier alpha value is -1.27. The maximum atomic E-state index is 10.7. The largest absolute Gasteiger partial charge is 0.389 e. The molecule has 2 fully saturated rings. The second-order valence-corrected chi connectivity index (χ2v) is 6.29. The molecule has 1 aromatic heterocycles. The van der Waals surface area contributed by atoms with E-state index in [-0.39, 0.29) is 0 Å². The molecule has 1 saturated heterocycles. The van der Waals surface area contributed by atoms with Crippen molar-refractivity contribution in [1.29, 1.82) is 0 Å². The summed E-state index contributed by atoms with van der Waals surface area (Å²) in [6.45, 7) is 1.60. The van der Waals surface area contributed by atoms with E-state index in [0.29, 0.717) is 22.5 Å². The molecular formula is C14H20N4OS. The molecule has 0 amide bonds. The van der Waals surface area contributed by atoms with Crippen molar-refractivity contribution in [3.05, 3.63) is 18.0 Å². The molecule has 5 nitrogen and oxygen atoms in total. The average molecular weight is 292 g/mol. The third kappa shape index (κ3) is 2.50. The van der Waals surface area contributed by atoms with Gasteiger partial charge in [0.25, 0.3) is 0 Å². The van der Waals surface area contributed by atoms with E-state index in [2.05, 4.69) is 14.9 Å². The topological polar surface area (TPSA) is 75.3 Å². The molecule has 108 valence electrons. The number of rotatable bonds is 2. The molecule has 1 aliphatic carbocycles. The smallest absolute Gasteiger partial charge is 0.225 e. The first-order valence-corrected chi connectivity index (χ1v) is 7.59. The second-order valence-electron chi connectivity index (χ2n) is 5.85. The van der Waals surface area contributed by atoms with Crippen LogP contribution in [-0.2, 0) is 0 Å². The van der Waals surface area contributed by atoms with Gasteiger partial charge in [-0.1, -0.05) is 25.1 Å². The van der Waals surface area contributed by atoms with Gasteiger partial charge in [-0.15, -0.1) is 0 Å². The van der Waals surface area contributed by atoms with Crippen LogP contribution in [0.1, 0.15) is 37.8 Å². The molecule has 3 rings (SSSR count). The van der Waals surface area contributed by atoms with Crippen molar-refractivity contribution in [1.82, 2.24) is 9.97 Å². The van der Waals surface area contributed by atoms with Gasteiger partial charge in [0.1, 0.15) is 10.7 Å². The van der Waals surface area contributed by atoms with Gasteiger partial charge >= 0.3 is 0 Å². The number of nitrogens with zero attached hydrogens (tertiary/aromatic N) is 3. The number of piperidine rings is 1. The molecule has 2 aliphatic rings. The van der Waals surface area contributed by atoms with Crippen LogP contribution in [0.2, 0.25) is 0 Å². The second kappa shape index (κ2) is 5.26. The number of thiocarbonyl (C=S) groups is 1. The average Bonchev–Trinajstić information content (AvgIpc) is 2.46. The first-order chi connectivity index (χ1) is 9.58. The summed E-state index contributed by atoms with van der Waals surface area (Å²) in [7, 11) is 0. The highest BCUT2D eigenvalue weighted by atomic mass is 32.1. The Kier molecular flexibility index (Phi) is 3.60. The van der Waals surface area contributed by atoms with Crippen molar-refractivity contribution >= 4 is 23.2 Å². The Bertz CT molecular complexity index is 524. The van der Waals surface area contributed by atoms with E-state index in [0.717, 1.165) is 38.8 Å². The number of hydrogen-bond acceptors (Lipinski definition) is 5. The van der Waals surface area contributed by atoms with E-state index >= 15 is 0 Å². The molecule has 2 heterocycles. The summed E-state index contributed by atoms with van der Waals surface area (Å²) in [4.78, 5) is 11.2.